The van der Waals surface area contributed by atoms with Crippen molar-refractivity contribution < 1.29 is 17.9 Å². The van der Waals surface area contributed by atoms with Crippen molar-refractivity contribution >= 4 is 17.9 Å². The number of hydrogen-bond donors (Lipinski definition) is 1. The summed E-state index contributed by atoms with van der Waals surface area (Å²) in [4.78, 5) is 33.0. The van der Waals surface area contributed by atoms with Crippen LogP contribution in [-0.2, 0) is 12.7 Å². The number of halogens is 3. The highest BCUT2D eigenvalue weighted by atomic mass is 19.4. The number of ether oxygens (including phenoxy) is 1. The predicted molar refractivity (Wildman–Crippen MR) is 169 cm³/mol. The molecular weight excluding hydrogens is 599 g/mol. The van der Waals surface area contributed by atoms with Gasteiger partial charge in [-0.1, -0.05) is 24.3 Å². The van der Waals surface area contributed by atoms with E-state index in [0.29, 0.717) is 41.0 Å². The SMILES string of the molecule is COc1ncnc(C2CC2)c1-c1ncnc(N(CC(/C=N\N)=NC(C)C)Cc2ccc(-c3nc(C(F)(F)F)cn3C(C)C)cc2)n1. The number of hydrazone groups is 1. The fourth-order valence-corrected chi connectivity index (χ4v) is 5.02. The Hall–Kier alpha value is -4.95. The lowest BCUT2D eigenvalue weighted by molar-refractivity contribution is -0.140. The zero-order valence-corrected chi connectivity index (χ0v) is 26.3. The van der Waals surface area contributed by atoms with E-state index in [9.17, 15) is 13.2 Å². The van der Waals surface area contributed by atoms with Crippen LogP contribution in [0.5, 0.6) is 5.88 Å². The molecule has 1 aliphatic rings. The molecular formula is C31H36F3N11O. The van der Waals surface area contributed by atoms with E-state index in [0.717, 1.165) is 30.3 Å². The standard InChI is InChI=1S/C31H36F3N11O/c1-18(2)41-23(12-40-35)14-44(30-39-17-37-27(43-30)25-26(21-10-11-21)36-16-38-29(25)46-5)13-20-6-8-22(9-7-20)28-42-24(31(32,33)34)15-45(28)19(3)4/h6-9,12,15-19,21H,10-11,13-14,35H2,1-5H3/b40-12-,41-23?. The molecule has 0 bridgehead atoms. The number of alkyl halides is 3. The number of aliphatic imine (C=N–C) groups is 1. The summed E-state index contributed by atoms with van der Waals surface area (Å²) in [6.45, 7) is 8.10. The summed E-state index contributed by atoms with van der Waals surface area (Å²) in [5.74, 6) is 7.14. The van der Waals surface area contributed by atoms with Gasteiger partial charge in [-0.2, -0.15) is 23.3 Å². The second-order valence-electron chi connectivity index (χ2n) is 11.5. The highest BCUT2D eigenvalue weighted by Crippen LogP contribution is 2.44. The minimum absolute atomic E-state index is 0.0267. The number of anilines is 1. The second kappa shape index (κ2) is 13.6. The normalized spacial score (nSPS) is 14.1. The van der Waals surface area contributed by atoms with Crippen LogP contribution < -0.4 is 15.5 Å². The van der Waals surface area contributed by atoms with Crippen LogP contribution in [0.2, 0.25) is 0 Å². The van der Waals surface area contributed by atoms with Crippen LogP contribution in [0.4, 0.5) is 19.1 Å². The molecule has 3 heterocycles. The van der Waals surface area contributed by atoms with Crippen LogP contribution >= 0.6 is 0 Å². The van der Waals surface area contributed by atoms with E-state index < -0.39 is 11.9 Å². The van der Waals surface area contributed by atoms with Crippen molar-refractivity contribution in [3.63, 3.8) is 0 Å². The van der Waals surface area contributed by atoms with Crippen molar-refractivity contribution in [2.45, 2.75) is 71.3 Å². The van der Waals surface area contributed by atoms with Crippen molar-refractivity contribution in [3.8, 4) is 28.7 Å². The Morgan fingerprint density at radius 2 is 1.78 bits per heavy atom. The van der Waals surface area contributed by atoms with Gasteiger partial charge in [0.15, 0.2) is 11.5 Å². The van der Waals surface area contributed by atoms with Crippen molar-refractivity contribution in [2.24, 2.45) is 15.9 Å². The molecule has 3 aromatic heterocycles. The molecule has 15 heteroatoms. The molecule has 1 aromatic carbocycles. The maximum Gasteiger partial charge on any atom is 0.434 e. The van der Waals surface area contributed by atoms with E-state index in [-0.39, 0.29) is 30.4 Å². The minimum Gasteiger partial charge on any atom is -0.480 e. The molecule has 12 nitrogen and oxygen atoms in total. The molecule has 2 N–H and O–H groups in total. The first-order valence-electron chi connectivity index (χ1n) is 14.9. The number of methoxy groups -OCH3 is 1. The maximum atomic E-state index is 13.5. The number of aromatic nitrogens is 7. The molecule has 0 aliphatic heterocycles. The van der Waals surface area contributed by atoms with E-state index in [1.165, 1.54) is 23.4 Å². The van der Waals surface area contributed by atoms with Gasteiger partial charge in [0.2, 0.25) is 11.8 Å². The molecule has 0 unspecified atom stereocenters. The van der Waals surface area contributed by atoms with Gasteiger partial charge >= 0.3 is 6.18 Å². The third-order valence-corrected chi connectivity index (χ3v) is 7.23. The van der Waals surface area contributed by atoms with Crippen molar-refractivity contribution in [1.29, 1.82) is 0 Å². The Bertz CT molecular complexity index is 1710. The summed E-state index contributed by atoms with van der Waals surface area (Å²) >= 11 is 0. The smallest absolute Gasteiger partial charge is 0.434 e. The highest BCUT2D eigenvalue weighted by Gasteiger charge is 2.35. The van der Waals surface area contributed by atoms with Crippen LogP contribution in [0.3, 0.4) is 0 Å². The second-order valence-corrected chi connectivity index (χ2v) is 11.5. The van der Waals surface area contributed by atoms with E-state index in [1.807, 2.05) is 44.7 Å². The highest BCUT2D eigenvalue weighted by molar-refractivity contribution is 6.32. The quantitative estimate of drug-likeness (QED) is 0.122. The van der Waals surface area contributed by atoms with E-state index in [4.69, 9.17) is 15.6 Å². The van der Waals surface area contributed by atoms with Crippen LogP contribution in [0.1, 0.15) is 69.4 Å². The van der Waals surface area contributed by atoms with E-state index in [1.54, 1.807) is 19.2 Å². The van der Waals surface area contributed by atoms with Gasteiger partial charge in [0, 0.05) is 36.3 Å². The van der Waals surface area contributed by atoms with Gasteiger partial charge in [0.05, 0.1) is 31.3 Å². The van der Waals surface area contributed by atoms with E-state index >= 15 is 0 Å². The van der Waals surface area contributed by atoms with E-state index in [2.05, 4.69) is 35.0 Å². The third kappa shape index (κ3) is 7.46. The molecule has 1 fully saturated rings. The minimum atomic E-state index is -4.55. The molecule has 1 saturated carbocycles. The zero-order valence-electron chi connectivity index (χ0n) is 26.3. The van der Waals surface area contributed by atoms with Crippen LogP contribution in [-0.4, -0.2) is 66.1 Å². The Balaban J connectivity index is 1.52. The molecule has 1 aliphatic carbocycles. The van der Waals surface area contributed by atoms with Gasteiger partial charge in [0.1, 0.15) is 24.0 Å². The van der Waals surface area contributed by atoms with Crippen molar-refractivity contribution in [3.05, 3.63) is 60.1 Å². The van der Waals surface area contributed by atoms with Gasteiger partial charge in [-0.25, -0.2) is 24.9 Å². The predicted octanol–water partition coefficient (Wildman–Crippen LogP) is 5.48. The summed E-state index contributed by atoms with van der Waals surface area (Å²) in [5.41, 5.74) is 2.53. The molecule has 0 saturated heterocycles. The number of nitrogens with two attached hydrogens (primary N) is 1. The third-order valence-electron chi connectivity index (χ3n) is 7.23. The lowest BCUT2D eigenvalue weighted by atomic mass is 10.1. The van der Waals surface area contributed by atoms with Crippen molar-refractivity contribution in [1.82, 2.24) is 34.5 Å². The summed E-state index contributed by atoms with van der Waals surface area (Å²) in [7, 11) is 1.54. The van der Waals surface area contributed by atoms with Crippen molar-refractivity contribution in [2.75, 3.05) is 18.6 Å². The fraction of sp³-hybridized carbons (Fsp3) is 0.419. The summed E-state index contributed by atoms with van der Waals surface area (Å²) in [5, 5.41) is 3.70. The lowest BCUT2D eigenvalue weighted by Gasteiger charge is -2.23. The first-order valence-corrected chi connectivity index (χ1v) is 14.9. The number of nitrogens with zero attached hydrogens (tertiary/aromatic N) is 10. The maximum absolute atomic E-state index is 13.5. The Labute approximate surface area is 264 Å². The molecule has 5 rings (SSSR count). The molecule has 242 valence electrons. The Morgan fingerprint density at radius 3 is 2.39 bits per heavy atom. The largest absolute Gasteiger partial charge is 0.480 e. The Morgan fingerprint density at radius 1 is 1.07 bits per heavy atom. The average molecular weight is 636 g/mol. The molecule has 46 heavy (non-hydrogen) atoms. The van der Waals surface area contributed by atoms with Gasteiger partial charge in [-0.15, -0.1) is 0 Å². The summed E-state index contributed by atoms with van der Waals surface area (Å²) in [6.07, 6.45) is 2.91. The number of imidazole rings is 1. The van der Waals surface area contributed by atoms with Crippen LogP contribution in [0, 0.1) is 0 Å². The van der Waals surface area contributed by atoms with Crippen LogP contribution in [0.15, 0.2) is 53.2 Å². The van der Waals surface area contributed by atoms with Gasteiger partial charge in [0.25, 0.3) is 0 Å². The molecule has 0 amide bonds. The lowest BCUT2D eigenvalue weighted by Crippen LogP contribution is -2.32. The van der Waals surface area contributed by atoms with Gasteiger partial charge in [-0.3, -0.25) is 4.99 Å². The van der Waals surface area contributed by atoms with Gasteiger partial charge < -0.3 is 20.0 Å². The number of rotatable bonds is 12. The topological polar surface area (TPSA) is 145 Å². The fourth-order valence-electron chi connectivity index (χ4n) is 5.02. The first-order chi connectivity index (χ1) is 22.0. The summed E-state index contributed by atoms with van der Waals surface area (Å²) < 4.78 is 47.5. The van der Waals surface area contributed by atoms with Crippen LogP contribution in [0.25, 0.3) is 22.8 Å². The Kier molecular flexibility index (Phi) is 9.58. The zero-order chi connectivity index (χ0) is 33.0. The van der Waals surface area contributed by atoms with Gasteiger partial charge in [-0.05, 0) is 46.1 Å². The first kappa shape index (κ1) is 32.4. The monoisotopic (exact) mass is 635 g/mol. The average Bonchev–Trinajstić information content (AvgIpc) is 3.76. The summed E-state index contributed by atoms with van der Waals surface area (Å²) in [6, 6.07) is 6.95. The molecule has 0 spiro atoms. The number of benzene rings is 1. The molecule has 4 aromatic rings. The number of hydrogen-bond acceptors (Lipinski definition) is 11. The molecule has 0 atom stereocenters. The molecule has 0 radical (unpaired) electrons.